The zero-order valence-electron chi connectivity index (χ0n) is 36.4. The number of anilines is 3. The molecule has 0 N–H and O–H groups in total. The van der Waals surface area contributed by atoms with Crippen LogP contribution in [0, 0.1) is 23.7 Å². The molecule has 310 valence electrons. The van der Waals surface area contributed by atoms with Gasteiger partial charge in [-0.15, -0.1) is 0 Å². The normalized spacial score (nSPS) is 22.1. The van der Waals surface area contributed by atoms with Gasteiger partial charge in [-0.25, -0.2) is 0 Å². The summed E-state index contributed by atoms with van der Waals surface area (Å²) < 4.78 is 0. The molecule has 0 aromatic heterocycles. The van der Waals surface area contributed by atoms with E-state index < -0.39 is 5.41 Å². The molecule has 6 aliphatic rings. The lowest BCUT2D eigenvalue weighted by Crippen LogP contribution is -2.40. The van der Waals surface area contributed by atoms with E-state index in [4.69, 9.17) is 0 Å². The van der Waals surface area contributed by atoms with E-state index in [1.165, 1.54) is 98.1 Å². The lowest BCUT2D eigenvalue weighted by molar-refractivity contribution is 0.191. The van der Waals surface area contributed by atoms with Crippen LogP contribution in [0.1, 0.15) is 59.1 Å². The van der Waals surface area contributed by atoms with Gasteiger partial charge in [-0.05, 0) is 152 Å². The first-order chi connectivity index (χ1) is 32.2. The van der Waals surface area contributed by atoms with Crippen molar-refractivity contribution in [3.8, 4) is 44.5 Å². The van der Waals surface area contributed by atoms with Crippen LogP contribution in [-0.4, -0.2) is 0 Å². The van der Waals surface area contributed by atoms with E-state index in [1.807, 2.05) is 0 Å². The van der Waals surface area contributed by atoms with Crippen molar-refractivity contribution in [1.29, 1.82) is 0 Å². The Hall–Kier alpha value is -7.22. The highest BCUT2D eigenvalue weighted by molar-refractivity contribution is 5.99. The van der Waals surface area contributed by atoms with Gasteiger partial charge in [0.15, 0.2) is 0 Å². The second kappa shape index (κ2) is 14.1. The first-order valence-electron chi connectivity index (χ1n) is 23.9. The van der Waals surface area contributed by atoms with Crippen molar-refractivity contribution in [3.05, 3.63) is 258 Å². The molecule has 0 radical (unpaired) electrons. The average molecular weight is 832 g/mol. The Bertz CT molecular complexity index is 3250. The lowest BCUT2D eigenvalue weighted by atomic mass is 9.59. The van der Waals surface area contributed by atoms with E-state index in [0.717, 1.165) is 35.0 Å². The van der Waals surface area contributed by atoms with Crippen LogP contribution >= 0.6 is 0 Å². The van der Waals surface area contributed by atoms with E-state index >= 15 is 0 Å². The summed E-state index contributed by atoms with van der Waals surface area (Å²) in [4.78, 5) is 2.60. The predicted molar refractivity (Wildman–Crippen MR) is 268 cm³/mol. The molecule has 4 bridgehead atoms. The van der Waals surface area contributed by atoms with E-state index in [-0.39, 0.29) is 5.41 Å². The number of hydrogen-bond acceptors (Lipinski definition) is 1. The van der Waals surface area contributed by atoms with Gasteiger partial charge in [0.2, 0.25) is 0 Å². The third-order valence-electron chi connectivity index (χ3n) is 16.7. The summed E-state index contributed by atoms with van der Waals surface area (Å²) in [5.74, 6) is 3.24. The predicted octanol–water partition coefficient (Wildman–Crippen LogP) is 16.2. The number of rotatable bonds is 7. The smallest absolute Gasteiger partial charge is 0.0714 e. The van der Waals surface area contributed by atoms with Gasteiger partial charge >= 0.3 is 0 Å². The molecule has 5 unspecified atom stereocenters. The Labute approximate surface area is 382 Å². The van der Waals surface area contributed by atoms with Crippen LogP contribution in [0.4, 0.5) is 17.1 Å². The fourth-order valence-corrected chi connectivity index (χ4v) is 14.6. The molecule has 4 saturated carbocycles. The summed E-state index contributed by atoms with van der Waals surface area (Å²) >= 11 is 0. The maximum atomic E-state index is 2.60. The van der Waals surface area contributed by atoms with Crippen LogP contribution in [0.3, 0.4) is 0 Å². The van der Waals surface area contributed by atoms with Crippen molar-refractivity contribution < 1.29 is 0 Å². The summed E-state index contributed by atoms with van der Waals surface area (Å²) in [7, 11) is 0. The molecule has 65 heavy (non-hydrogen) atoms. The van der Waals surface area contributed by atoms with Crippen LogP contribution < -0.4 is 4.90 Å². The summed E-state index contributed by atoms with van der Waals surface area (Å²) in [6.07, 6.45) is 5.58. The molecule has 9 aromatic rings. The average Bonchev–Trinajstić information content (AvgIpc) is 4.02. The molecule has 9 aromatic carbocycles. The van der Waals surface area contributed by atoms with Gasteiger partial charge in [0.05, 0.1) is 11.1 Å². The zero-order valence-corrected chi connectivity index (χ0v) is 36.4. The molecule has 4 fully saturated rings. The van der Waals surface area contributed by atoms with Gasteiger partial charge in [0.1, 0.15) is 0 Å². The van der Waals surface area contributed by atoms with Gasteiger partial charge < -0.3 is 4.90 Å². The van der Waals surface area contributed by atoms with Gasteiger partial charge in [-0.3, -0.25) is 0 Å². The Morgan fingerprint density at radius 1 is 0.369 bits per heavy atom. The van der Waals surface area contributed by atoms with Crippen LogP contribution in [0.2, 0.25) is 0 Å². The number of fused-ring (bicyclic) bond motifs is 6. The molecule has 0 heterocycles. The maximum absolute atomic E-state index is 2.60. The summed E-state index contributed by atoms with van der Waals surface area (Å²) in [5.41, 5.74) is 21.8. The molecule has 0 aliphatic heterocycles. The summed E-state index contributed by atoms with van der Waals surface area (Å²) in [6.45, 7) is 0. The van der Waals surface area contributed by atoms with Crippen molar-refractivity contribution in [3.63, 3.8) is 0 Å². The van der Waals surface area contributed by atoms with Gasteiger partial charge in [-0.1, -0.05) is 194 Å². The Morgan fingerprint density at radius 3 is 1.63 bits per heavy atom. The SMILES string of the molecule is c1ccc(-c2cccc(N(c3ccc4c(c3)-c3ccccc3C43C4CC5CC(C4)C3C5)c3ccc4c(c3)C(c3ccccc3)(c3ccccc3)c3ccccc3-4)c2-c2ccccc2)cc1. The monoisotopic (exact) mass is 831 g/mol. The first kappa shape index (κ1) is 37.2. The zero-order chi connectivity index (χ0) is 42.7. The van der Waals surface area contributed by atoms with Crippen molar-refractivity contribution >= 4 is 17.1 Å². The van der Waals surface area contributed by atoms with Crippen LogP contribution in [0.5, 0.6) is 0 Å². The van der Waals surface area contributed by atoms with Crippen LogP contribution in [0.15, 0.2) is 224 Å². The highest BCUT2D eigenvalue weighted by Crippen LogP contribution is 2.73. The third-order valence-corrected chi connectivity index (χ3v) is 16.7. The lowest BCUT2D eigenvalue weighted by Gasteiger charge is -2.44. The van der Waals surface area contributed by atoms with E-state index in [9.17, 15) is 0 Å². The Balaban J connectivity index is 1.06. The number of nitrogens with zero attached hydrogens (tertiary/aromatic N) is 1. The summed E-state index contributed by atoms with van der Waals surface area (Å²) in [6, 6.07) is 85.0. The molecule has 1 spiro atoms. The van der Waals surface area contributed by atoms with Crippen molar-refractivity contribution in [1.82, 2.24) is 0 Å². The molecule has 1 heteroatoms. The minimum Gasteiger partial charge on any atom is -0.310 e. The molecule has 1 nitrogen and oxygen atoms in total. The van der Waals surface area contributed by atoms with E-state index in [1.54, 1.807) is 11.1 Å². The largest absolute Gasteiger partial charge is 0.310 e. The second-order valence-corrected chi connectivity index (χ2v) is 19.5. The van der Waals surface area contributed by atoms with Gasteiger partial charge in [-0.2, -0.15) is 0 Å². The van der Waals surface area contributed by atoms with E-state index in [2.05, 4.69) is 229 Å². The summed E-state index contributed by atoms with van der Waals surface area (Å²) in [5, 5.41) is 0. The number of hydrogen-bond donors (Lipinski definition) is 0. The topological polar surface area (TPSA) is 3.24 Å². The Kier molecular flexibility index (Phi) is 8.09. The molecule has 6 aliphatic carbocycles. The maximum Gasteiger partial charge on any atom is 0.0714 e. The molecule has 0 saturated heterocycles. The fraction of sp³-hybridized carbons (Fsp3) is 0.156. The van der Waals surface area contributed by atoms with Crippen molar-refractivity contribution in [2.45, 2.75) is 36.5 Å². The minimum atomic E-state index is -0.519. The quantitative estimate of drug-likeness (QED) is 0.155. The third kappa shape index (κ3) is 5.10. The molecule has 0 amide bonds. The first-order valence-corrected chi connectivity index (χ1v) is 23.9. The van der Waals surface area contributed by atoms with Crippen molar-refractivity contribution in [2.24, 2.45) is 23.7 Å². The fourth-order valence-electron chi connectivity index (χ4n) is 14.6. The highest BCUT2D eigenvalue weighted by Gasteiger charge is 2.66. The molecule has 15 rings (SSSR count). The van der Waals surface area contributed by atoms with Gasteiger partial charge in [0, 0.05) is 22.4 Å². The van der Waals surface area contributed by atoms with E-state index in [0.29, 0.717) is 0 Å². The highest BCUT2D eigenvalue weighted by atomic mass is 15.1. The van der Waals surface area contributed by atoms with Crippen LogP contribution in [-0.2, 0) is 10.8 Å². The van der Waals surface area contributed by atoms with Gasteiger partial charge in [0.25, 0.3) is 0 Å². The standard InChI is InChI=1S/C64H49N/c1-5-18-43(19-6-1)51-28-17-31-61(62(51)44-20-7-2-8-21-44)65(49-33-35-58-55(40-49)53-27-14-16-30-57(53)64(58)48-37-42-36-45(39-48)59(64)38-42)50-32-34-54-52-26-13-15-29-56(52)63(60(54)41-50,46-22-9-3-10-23-46)47-24-11-4-12-25-47/h1-35,40-42,45,48,59H,36-39H2. The molecular formula is C64H49N. The number of benzene rings is 9. The van der Waals surface area contributed by atoms with Crippen molar-refractivity contribution in [2.75, 3.05) is 4.90 Å². The van der Waals surface area contributed by atoms with Crippen LogP contribution in [0.25, 0.3) is 44.5 Å². The minimum absolute atomic E-state index is 0.125. The second-order valence-electron chi connectivity index (χ2n) is 19.5. The molecule has 5 atom stereocenters. The Morgan fingerprint density at radius 2 is 0.923 bits per heavy atom. The molecular weight excluding hydrogens is 783 g/mol.